The Morgan fingerprint density at radius 3 is 2.50 bits per heavy atom. The Kier molecular flexibility index (Phi) is 4.80. The predicted octanol–water partition coefficient (Wildman–Crippen LogP) is 4.81. The van der Waals surface area contributed by atoms with Gasteiger partial charge in [0.2, 0.25) is 5.91 Å². The first-order chi connectivity index (χ1) is 11.6. The summed E-state index contributed by atoms with van der Waals surface area (Å²) in [6.45, 7) is 3.93. The van der Waals surface area contributed by atoms with Crippen LogP contribution in [0.3, 0.4) is 0 Å². The molecule has 0 saturated carbocycles. The molecule has 0 aliphatic rings. The number of anilines is 1. The van der Waals surface area contributed by atoms with E-state index in [1.54, 1.807) is 0 Å². The first kappa shape index (κ1) is 16.1. The number of fused-ring (bicyclic) bond motifs is 1. The van der Waals surface area contributed by atoms with Crippen molar-refractivity contribution in [2.75, 3.05) is 5.32 Å². The van der Waals surface area contributed by atoms with Gasteiger partial charge in [0.15, 0.2) is 0 Å². The molecule has 0 heterocycles. The van der Waals surface area contributed by atoms with Gasteiger partial charge in [-0.3, -0.25) is 4.79 Å². The van der Waals surface area contributed by atoms with Crippen molar-refractivity contribution in [3.05, 3.63) is 72.3 Å². The van der Waals surface area contributed by atoms with Crippen LogP contribution in [0.4, 0.5) is 5.69 Å². The van der Waals surface area contributed by atoms with Gasteiger partial charge in [0, 0.05) is 0 Å². The van der Waals surface area contributed by atoms with Crippen molar-refractivity contribution in [3.63, 3.8) is 0 Å². The lowest BCUT2D eigenvalue weighted by Gasteiger charge is -2.15. The zero-order chi connectivity index (χ0) is 16.9. The van der Waals surface area contributed by atoms with Crippen molar-refractivity contribution in [1.29, 1.82) is 0 Å². The summed E-state index contributed by atoms with van der Waals surface area (Å²) in [4.78, 5) is 12.5. The predicted molar refractivity (Wildman–Crippen MR) is 98.5 cm³/mol. The summed E-state index contributed by atoms with van der Waals surface area (Å²) in [5.41, 5.74) is 1.73. The second-order valence-electron chi connectivity index (χ2n) is 6.03. The van der Waals surface area contributed by atoms with Crippen LogP contribution in [0.5, 0.6) is 5.75 Å². The summed E-state index contributed by atoms with van der Waals surface area (Å²) < 4.78 is 5.75. The molecule has 24 heavy (non-hydrogen) atoms. The largest absolute Gasteiger partial charge is 0.489 e. The van der Waals surface area contributed by atoms with E-state index in [4.69, 9.17) is 4.74 Å². The summed E-state index contributed by atoms with van der Waals surface area (Å²) in [5, 5.41) is 5.22. The Labute approximate surface area is 142 Å². The SMILES string of the molecule is CC(C)Oc1ccccc1NC(=O)Cc1cccc2ccccc12. The molecule has 3 aromatic rings. The molecule has 0 aliphatic carbocycles. The molecule has 0 spiro atoms. The third kappa shape index (κ3) is 3.74. The molecule has 3 aromatic carbocycles. The monoisotopic (exact) mass is 319 g/mol. The zero-order valence-corrected chi connectivity index (χ0v) is 14.0. The Morgan fingerprint density at radius 1 is 0.958 bits per heavy atom. The van der Waals surface area contributed by atoms with E-state index in [2.05, 4.69) is 17.4 Å². The average Bonchev–Trinajstić information content (AvgIpc) is 2.56. The van der Waals surface area contributed by atoms with Crippen molar-refractivity contribution >= 4 is 22.4 Å². The van der Waals surface area contributed by atoms with E-state index in [1.165, 1.54) is 0 Å². The van der Waals surface area contributed by atoms with Gasteiger partial charge in [-0.25, -0.2) is 0 Å². The molecule has 3 heteroatoms. The molecule has 122 valence electrons. The second kappa shape index (κ2) is 7.18. The number of carbonyl (C=O) groups is 1. The number of nitrogens with one attached hydrogen (secondary N) is 1. The molecule has 0 bridgehead atoms. The number of amides is 1. The van der Waals surface area contributed by atoms with E-state index in [-0.39, 0.29) is 12.0 Å². The van der Waals surface area contributed by atoms with Crippen molar-refractivity contribution in [2.45, 2.75) is 26.4 Å². The van der Waals surface area contributed by atoms with Crippen LogP contribution in [0.2, 0.25) is 0 Å². The zero-order valence-electron chi connectivity index (χ0n) is 14.0. The minimum atomic E-state index is -0.0499. The number of benzene rings is 3. The lowest BCUT2D eigenvalue weighted by atomic mass is 10.0. The Hall–Kier alpha value is -2.81. The normalized spacial score (nSPS) is 10.8. The molecule has 0 radical (unpaired) electrons. The van der Waals surface area contributed by atoms with Crippen molar-refractivity contribution in [2.24, 2.45) is 0 Å². The maximum atomic E-state index is 12.5. The molecule has 0 unspecified atom stereocenters. The fourth-order valence-electron chi connectivity index (χ4n) is 2.74. The fraction of sp³-hybridized carbons (Fsp3) is 0.190. The van der Waals surface area contributed by atoms with Gasteiger partial charge in [-0.05, 0) is 42.3 Å². The van der Waals surface area contributed by atoms with Crippen LogP contribution < -0.4 is 10.1 Å². The van der Waals surface area contributed by atoms with Gasteiger partial charge in [-0.2, -0.15) is 0 Å². The van der Waals surface area contributed by atoms with E-state index >= 15 is 0 Å². The minimum absolute atomic E-state index is 0.0499. The van der Waals surface area contributed by atoms with Crippen molar-refractivity contribution in [1.82, 2.24) is 0 Å². The van der Waals surface area contributed by atoms with Crippen LogP contribution >= 0.6 is 0 Å². The summed E-state index contributed by atoms with van der Waals surface area (Å²) in [6.07, 6.45) is 0.387. The smallest absolute Gasteiger partial charge is 0.228 e. The average molecular weight is 319 g/mol. The maximum Gasteiger partial charge on any atom is 0.228 e. The first-order valence-corrected chi connectivity index (χ1v) is 8.15. The van der Waals surface area contributed by atoms with Crippen LogP contribution in [0, 0.1) is 0 Å². The van der Waals surface area contributed by atoms with Crippen LogP contribution in [-0.4, -0.2) is 12.0 Å². The topological polar surface area (TPSA) is 38.3 Å². The molecule has 0 aliphatic heterocycles. The van der Waals surface area contributed by atoms with Crippen molar-refractivity contribution < 1.29 is 9.53 Å². The van der Waals surface area contributed by atoms with E-state index in [0.29, 0.717) is 17.9 Å². The van der Waals surface area contributed by atoms with Crippen molar-refractivity contribution in [3.8, 4) is 5.75 Å². The lowest BCUT2D eigenvalue weighted by molar-refractivity contribution is -0.115. The number of hydrogen-bond donors (Lipinski definition) is 1. The van der Waals surface area contributed by atoms with Gasteiger partial charge < -0.3 is 10.1 Å². The van der Waals surface area contributed by atoms with Crippen LogP contribution in [0.1, 0.15) is 19.4 Å². The molecule has 3 rings (SSSR count). The number of hydrogen-bond acceptors (Lipinski definition) is 2. The van der Waals surface area contributed by atoms with Gasteiger partial charge in [0.1, 0.15) is 5.75 Å². The van der Waals surface area contributed by atoms with Gasteiger partial charge in [-0.1, -0.05) is 54.6 Å². The maximum absolute atomic E-state index is 12.5. The van der Waals surface area contributed by atoms with Crippen LogP contribution in [0.25, 0.3) is 10.8 Å². The molecule has 1 amide bonds. The molecule has 0 saturated heterocycles. The first-order valence-electron chi connectivity index (χ1n) is 8.15. The summed E-state index contributed by atoms with van der Waals surface area (Å²) in [6, 6.07) is 21.7. The van der Waals surface area contributed by atoms with E-state index in [1.807, 2.05) is 68.4 Å². The highest BCUT2D eigenvalue weighted by Gasteiger charge is 2.11. The third-order valence-electron chi connectivity index (χ3n) is 3.75. The molecule has 0 atom stereocenters. The third-order valence-corrected chi connectivity index (χ3v) is 3.75. The highest BCUT2D eigenvalue weighted by Crippen LogP contribution is 2.25. The standard InChI is InChI=1S/C21H21NO2/c1-15(2)24-20-13-6-5-12-19(20)22-21(23)14-17-10-7-9-16-8-3-4-11-18(16)17/h3-13,15H,14H2,1-2H3,(H,22,23). The highest BCUT2D eigenvalue weighted by molar-refractivity contribution is 5.97. The highest BCUT2D eigenvalue weighted by atomic mass is 16.5. The Bertz CT molecular complexity index is 850. The second-order valence-corrected chi connectivity index (χ2v) is 6.03. The minimum Gasteiger partial charge on any atom is -0.489 e. The number of rotatable bonds is 5. The van der Waals surface area contributed by atoms with Gasteiger partial charge >= 0.3 is 0 Å². The molecule has 0 aromatic heterocycles. The summed E-state index contributed by atoms with van der Waals surface area (Å²) >= 11 is 0. The van der Waals surface area contributed by atoms with Gasteiger partial charge in [-0.15, -0.1) is 0 Å². The number of ether oxygens (including phenoxy) is 1. The van der Waals surface area contributed by atoms with Gasteiger partial charge in [0.25, 0.3) is 0 Å². The van der Waals surface area contributed by atoms with Gasteiger partial charge in [0.05, 0.1) is 18.2 Å². The van der Waals surface area contributed by atoms with E-state index in [9.17, 15) is 4.79 Å². The Balaban J connectivity index is 1.79. The molecule has 1 N–H and O–H groups in total. The van der Waals surface area contributed by atoms with E-state index < -0.39 is 0 Å². The number of para-hydroxylation sites is 2. The van der Waals surface area contributed by atoms with Crippen LogP contribution in [-0.2, 0) is 11.2 Å². The van der Waals surface area contributed by atoms with E-state index in [0.717, 1.165) is 16.3 Å². The summed E-state index contributed by atoms with van der Waals surface area (Å²) in [5.74, 6) is 0.643. The number of carbonyl (C=O) groups excluding carboxylic acids is 1. The molecule has 0 fully saturated rings. The molecular formula is C21H21NO2. The Morgan fingerprint density at radius 2 is 1.67 bits per heavy atom. The molecular weight excluding hydrogens is 298 g/mol. The van der Waals surface area contributed by atoms with Crippen LogP contribution in [0.15, 0.2) is 66.7 Å². The molecule has 3 nitrogen and oxygen atoms in total. The fourth-order valence-corrected chi connectivity index (χ4v) is 2.74. The quantitative estimate of drug-likeness (QED) is 0.733. The summed E-state index contributed by atoms with van der Waals surface area (Å²) in [7, 11) is 0. The lowest BCUT2D eigenvalue weighted by Crippen LogP contribution is -2.16.